The van der Waals surface area contributed by atoms with Gasteiger partial charge in [-0.05, 0) is 5.56 Å². The molecule has 0 amide bonds. The second-order valence-electron chi connectivity index (χ2n) is 4.74. The fraction of sp³-hybridized carbons (Fsp3) is 0.267. The number of nitrogens with zero attached hydrogens (tertiary/aromatic N) is 2. The van der Waals surface area contributed by atoms with E-state index in [1.54, 1.807) is 18.2 Å². The molecule has 1 aromatic carbocycles. The number of carbonyl (C=O) groups excluding carboxylic acids is 1. The van der Waals surface area contributed by atoms with Crippen LogP contribution in [0, 0.1) is 0 Å². The first-order valence-electron chi connectivity index (χ1n) is 7.02. The maximum Gasteiger partial charge on any atom is 0.330 e. The van der Waals surface area contributed by atoms with Crippen molar-refractivity contribution in [2.75, 3.05) is 26.1 Å². The zero-order valence-electron chi connectivity index (χ0n) is 13.8. The highest BCUT2D eigenvalue weighted by molar-refractivity contribution is 7.93. The number of hydrogen-bond donors (Lipinski definition) is 1. The van der Waals surface area contributed by atoms with E-state index in [1.807, 2.05) is 0 Å². The number of ether oxygens (including phenoxy) is 3. The van der Waals surface area contributed by atoms with Gasteiger partial charge < -0.3 is 14.2 Å². The molecule has 1 atom stereocenters. The zero-order chi connectivity index (χ0) is 18.4. The minimum Gasteiger partial charge on any atom is -0.481 e. The van der Waals surface area contributed by atoms with E-state index in [0.717, 1.165) is 7.11 Å². The van der Waals surface area contributed by atoms with Gasteiger partial charge in [0.15, 0.2) is 0 Å². The first-order chi connectivity index (χ1) is 11.9. The highest BCUT2D eigenvalue weighted by atomic mass is 32.2. The predicted molar refractivity (Wildman–Crippen MR) is 88.9 cm³/mol. The van der Waals surface area contributed by atoms with E-state index in [1.165, 1.54) is 32.4 Å². The van der Waals surface area contributed by atoms with Crippen LogP contribution in [-0.4, -0.2) is 45.7 Å². The fourth-order valence-corrected chi connectivity index (χ4v) is 3.35. The third kappa shape index (κ3) is 4.35. The number of methoxy groups -OCH3 is 3. The molecule has 0 aliphatic rings. The molecule has 1 N–H and O–H groups in total. The van der Waals surface area contributed by atoms with Crippen molar-refractivity contribution in [2.45, 2.75) is 5.25 Å². The lowest BCUT2D eigenvalue weighted by atomic mass is 10.1. The highest BCUT2D eigenvalue weighted by Crippen LogP contribution is 2.26. The summed E-state index contributed by atoms with van der Waals surface area (Å²) in [7, 11) is -0.416. The topological polar surface area (TPSA) is 117 Å². The van der Waals surface area contributed by atoms with Crippen molar-refractivity contribution in [1.29, 1.82) is 0 Å². The summed E-state index contributed by atoms with van der Waals surface area (Å²) in [6.45, 7) is 0. The van der Waals surface area contributed by atoms with Crippen LogP contribution < -0.4 is 14.2 Å². The molecule has 0 aliphatic heterocycles. The van der Waals surface area contributed by atoms with E-state index in [-0.39, 0.29) is 23.3 Å². The number of rotatable bonds is 7. The number of esters is 1. The molecule has 9 nitrogen and oxygen atoms in total. The van der Waals surface area contributed by atoms with E-state index < -0.39 is 21.2 Å². The van der Waals surface area contributed by atoms with Crippen LogP contribution in [0.4, 0.5) is 5.95 Å². The van der Waals surface area contributed by atoms with Crippen LogP contribution >= 0.6 is 0 Å². The quantitative estimate of drug-likeness (QED) is 0.724. The second kappa shape index (κ2) is 7.79. The minimum atomic E-state index is -4.25. The van der Waals surface area contributed by atoms with Crippen molar-refractivity contribution in [1.82, 2.24) is 9.97 Å². The molecule has 0 spiro atoms. The molecular weight excluding hydrogens is 350 g/mol. The largest absolute Gasteiger partial charge is 0.481 e. The van der Waals surface area contributed by atoms with Crippen LogP contribution in [0.5, 0.6) is 11.8 Å². The van der Waals surface area contributed by atoms with Crippen molar-refractivity contribution in [3.8, 4) is 11.8 Å². The van der Waals surface area contributed by atoms with Gasteiger partial charge in [-0.2, -0.15) is 9.97 Å². The van der Waals surface area contributed by atoms with Crippen LogP contribution in [0.3, 0.4) is 0 Å². The maximum atomic E-state index is 12.7. The van der Waals surface area contributed by atoms with Crippen LogP contribution in [-0.2, 0) is 19.6 Å². The molecule has 0 saturated heterocycles. The van der Waals surface area contributed by atoms with Gasteiger partial charge in [0, 0.05) is 0 Å². The van der Waals surface area contributed by atoms with E-state index in [9.17, 15) is 13.2 Å². The molecule has 10 heteroatoms. The Hall–Kier alpha value is -2.88. The van der Waals surface area contributed by atoms with Crippen molar-refractivity contribution < 1.29 is 27.4 Å². The number of sulfonamides is 1. The Bertz CT molecular complexity index is 819. The highest BCUT2D eigenvalue weighted by Gasteiger charge is 2.36. The van der Waals surface area contributed by atoms with Crippen molar-refractivity contribution in [2.24, 2.45) is 0 Å². The summed E-state index contributed by atoms with van der Waals surface area (Å²) in [5.41, 5.74) is 0.247. The first-order valence-corrected chi connectivity index (χ1v) is 8.57. The SMILES string of the molecule is COC(=O)[C@H](c1ccccc1)S(=O)(=O)Nc1nc(OC)cc(OC)n1. The van der Waals surface area contributed by atoms with Crippen LogP contribution in [0.2, 0.25) is 0 Å². The minimum absolute atomic E-state index is 0.0962. The zero-order valence-corrected chi connectivity index (χ0v) is 14.6. The number of carbonyl (C=O) groups is 1. The lowest BCUT2D eigenvalue weighted by Crippen LogP contribution is -2.29. The molecule has 0 fully saturated rings. The number of nitrogens with one attached hydrogen (secondary N) is 1. The van der Waals surface area contributed by atoms with Crippen LogP contribution in [0.15, 0.2) is 36.4 Å². The van der Waals surface area contributed by atoms with Gasteiger partial charge >= 0.3 is 5.97 Å². The molecule has 2 rings (SSSR count). The second-order valence-corrected chi connectivity index (χ2v) is 6.50. The molecule has 0 aliphatic carbocycles. The van der Waals surface area contributed by atoms with Gasteiger partial charge in [0.05, 0.1) is 27.4 Å². The average Bonchev–Trinajstić information content (AvgIpc) is 2.61. The van der Waals surface area contributed by atoms with Crippen LogP contribution in [0.25, 0.3) is 0 Å². The smallest absolute Gasteiger partial charge is 0.330 e. The molecule has 0 radical (unpaired) electrons. The van der Waals surface area contributed by atoms with Gasteiger partial charge in [0.25, 0.3) is 10.0 Å². The van der Waals surface area contributed by atoms with Gasteiger partial charge in [0.2, 0.25) is 23.0 Å². The number of benzene rings is 1. The summed E-state index contributed by atoms with van der Waals surface area (Å²) in [5.74, 6) is -1.03. The molecule has 0 unspecified atom stereocenters. The lowest BCUT2D eigenvalue weighted by molar-refractivity contribution is -0.140. The Kier molecular flexibility index (Phi) is 5.75. The predicted octanol–water partition coefficient (Wildman–Crippen LogP) is 1.15. The lowest BCUT2D eigenvalue weighted by Gasteiger charge is -2.16. The van der Waals surface area contributed by atoms with Gasteiger partial charge in [-0.3, -0.25) is 4.79 Å². The Morgan fingerprint density at radius 3 is 2.08 bits per heavy atom. The normalized spacial score (nSPS) is 12.1. The molecular formula is C15H17N3O6S. The molecule has 0 saturated carbocycles. The number of hydrogen-bond acceptors (Lipinski definition) is 8. The van der Waals surface area contributed by atoms with E-state index >= 15 is 0 Å². The van der Waals surface area contributed by atoms with E-state index in [0.29, 0.717) is 0 Å². The molecule has 2 aromatic rings. The first kappa shape index (κ1) is 18.5. The number of aromatic nitrogens is 2. The third-order valence-corrected chi connectivity index (χ3v) is 4.71. The summed E-state index contributed by atoms with van der Waals surface area (Å²) in [6.07, 6.45) is 0. The third-order valence-electron chi connectivity index (χ3n) is 3.16. The maximum absolute atomic E-state index is 12.7. The standard InChI is InChI=1S/C15H17N3O6S/c1-22-11-9-12(23-2)17-15(16-11)18-25(20,21)13(14(19)24-3)10-7-5-4-6-8-10/h4-9,13H,1-3H3,(H,16,17,18)/t13-/m0/s1. The van der Waals surface area contributed by atoms with Crippen molar-refractivity contribution in [3.05, 3.63) is 42.0 Å². The molecule has 134 valence electrons. The summed E-state index contributed by atoms with van der Waals surface area (Å²) in [6, 6.07) is 9.33. The van der Waals surface area contributed by atoms with Gasteiger partial charge in [-0.1, -0.05) is 30.3 Å². The fourth-order valence-electron chi connectivity index (χ4n) is 2.02. The summed E-state index contributed by atoms with van der Waals surface area (Å²) in [4.78, 5) is 19.8. The molecule has 1 aromatic heterocycles. The van der Waals surface area contributed by atoms with E-state index in [2.05, 4.69) is 19.4 Å². The molecule has 0 bridgehead atoms. The van der Waals surface area contributed by atoms with Crippen molar-refractivity contribution in [3.63, 3.8) is 0 Å². The summed E-state index contributed by atoms with van der Waals surface area (Å²) < 4.78 is 42.2. The Morgan fingerprint density at radius 1 is 1.04 bits per heavy atom. The average molecular weight is 367 g/mol. The Morgan fingerprint density at radius 2 is 1.60 bits per heavy atom. The van der Waals surface area contributed by atoms with Gasteiger partial charge in [-0.25, -0.2) is 13.1 Å². The molecule has 1 heterocycles. The monoisotopic (exact) mass is 367 g/mol. The van der Waals surface area contributed by atoms with E-state index in [4.69, 9.17) is 9.47 Å². The summed E-state index contributed by atoms with van der Waals surface area (Å²) >= 11 is 0. The Balaban J connectivity index is 2.43. The van der Waals surface area contributed by atoms with Gasteiger partial charge in [0.1, 0.15) is 0 Å². The summed E-state index contributed by atoms with van der Waals surface area (Å²) in [5, 5.41) is -1.58. The van der Waals surface area contributed by atoms with Crippen LogP contribution in [0.1, 0.15) is 10.8 Å². The Labute approximate surface area is 145 Å². The van der Waals surface area contributed by atoms with Gasteiger partial charge in [-0.15, -0.1) is 0 Å². The molecule has 25 heavy (non-hydrogen) atoms. The number of anilines is 1. The van der Waals surface area contributed by atoms with Crippen molar-refractivity contribution >= 4 is 21.9 Å².